The quantitative estimate of drug-likeness (QED) is 0.0310. The Morgan fingerprint density at radius 2 is 0.965 bits per heavy atom. The fourth-order valence-electron chi connectivity index (χ4n) is 12.7. The lowest BCUT2D eigenvalue weighted by Gasteiger charge is -2.24. The van der Waals surface area contributed by atoms with Crippen LogP contribution in [0.5, 0.6) is 0 Å². The highest BCUT2D eigenvalue weighted by Gasteiger charge is 2.34. The van der Waals surface area contributed by atoms with Crippen LogP contribution in [0.25, 0.3) is 83.7 Å². The summed E-state index contributed by atoms with van der Waals surface area (Å²) in [4.78, 5) is 23.3. The lowest BCUT2D eigenvalue weighted by Crippen LogP contribution is -2.17. The van der Waals surface area contributed by atoms with Crippen molar-refractivity contribution in [2.75, 3.05) is 0 Å². The Hall–Kier alpha value is -3.90. The van der Waals surface area contributed by atoms with E-state index in [0.29, 0.717) is 27.7 Å². The van der Waals surface area contributed by atoms with Gasteiger partial charge in [0.25, 0.3) is 0 Å². The zero-order chi connectivity index (χ0) is 61.3. The summed E-state index contributed by atoms with van der Waals surface area (Å²) in [5.74, 6) is -0.203. The van der Waals surface area contributed by atoms with Crippen molar-refractivity contribution in [2.45, 2.75) is 248 Å². The third-order valence-electron chi connectivity index (χ3n) is 17.9. The summed E-state index contributed by atoms with van der Waals surface area (Å²) < 4.78 is 38.7. The van der Waals surface area contributed by atoms with Gasteiger partial charge in [0.05, 0.1) is 20.8 Å². The van der Waals surface area contributed by atoms with Gasteiger partial charge in [-0.3, -0.25) is 0 Å². The molecular formula is C76H98F2N2S6. The smallest absolute Gasteiger partial charge is 0.170 e. The molecule has 2 aromatic carbocycles. The Morgan fingerprint density at radius 3 is 1.53 bits per heavy atom. The summed E-state index contributed by atoms with van der Waals surface area (Å²) >= 11 is 10.9. The Kier molecular flexibility index (Phi) is 23.4. The standard InChI is InChI=1S/C76H98F2N2S6/c1-14-21-25-27-29-31-35-51-36-41-59(81-51)69-70(60-43-42-56(84-60)50(20-7)34-30-28-26-22-15-2)79-71-65(67(77)68(78)66(72(71)80-69)76(11,12)13)61-46-54-63(57-39-37-52(82-57)44-48(18-5)32-23-16-3)74-55(47-62(86-74)75(8,9)10)64(73(54)85-61)58-40-38-53(83-58)45-49(19-6)33-24-17-4/h20,36-43,46-50H,7,14-19,21-35,44-45H2,1-6,8-13H3. The predicted octanol–water partition coefficient (Wildman–Crippen LogP) is 27.6. The number of nitrogens with zero attached hydrogens (tertiary/aromatic N) is 2. The molecular weight excluding hydrogens is 1170 g/mol. The molecule has 0 N–H and O–H groups in total. The molecule has 0 bridgehead atoms. The summed E-state index contributed by atoms with van der Waals surface area (Å²) in [6.45, 7) is 31.1. The summed E-state index contributed by atoms with van der Waals surface area (Å²) in [5.41, 5.74) is 4.32. The molecule has 10 heteroatoms. The van der Waals surface area contributed by atoms with Crippen LogP contribution in [0, 0.1) is 23.5 Å². The van der Waals surface area contributed by atoms with Gasteiger partial charge in [0.15, 0.2) is 11.6 Å². The number of halogens is 2. The lowest BCUT2D eigenvalue weighted by atomic mass is 9.84. The first-order chi connectivity index (χ1) is 41.4. The molecule has 0 aliphatic rings. The highest BCUT2D eigenvalue weighted by molar-refractivity contribution is 7.25. The minimum Gasteiger partial charge on any atom is -0.242 e. The molecule has 0 spiro atoms. The second-order valence-electron chi connectivity index (χ2n) is 26.8. The molecule has 0 radical (unpaired) electrons. The van der Waals surface area contributed by atoms with Gasteiger partial charge in [0, 0.05) is 81.8 Å². The Labute approximate surface area is 540 Å². The fourth-order valence-corrected chi connectivity index (χ4v) is 19.9. The normalized spacial score (nSPS) is 13.5. The van der Waals surface area contributed by atoms with Gasteiger partial charge in [-0.15, -0.1) is 74.6 Å². The molecule has 0 aliphatic carbocycles. The second kappa shape index (κ2) is 30.3. The first-order valence-corrected chi connectivity index (χ1v) is 38.1. The van der Waals surface area contributed by atoms with Crippen molar-refractivity contribution in [1.29, 1.82) is 0 Å². The molecule has 7 heterocycles. The zero-order valence-electron chi connectivity index (χ0n) is 54.2. The fraction of sp³-hybridized carbons (Fsp3) is 0.526. The molecule has 0 saturated carbocycles. The van der Waals surface area contributed by atoms with Gasteiger partial charge in [0.1, 0.15) is 16.9 Å². The van der Waals surface area contributed by atoms with Gasteiger partial charge in [-0.25, -0.2) is 18.7 Å². The van der Waals surface area contributed by atoms with E-state index in [4.69, 9.17) is 9.97 Å². The number of benzene rings is 2. The molecule has 3 unspecified atom stereocenters. The van der Waals surface area contributed by atoms with Crippen LogP contribution in [0.2, 0.25) is 0 Å². The zero-order valence-corrected chi connectivity index (χ0v) is 59.1. The molecule has 0 fully saturated rings. The summed E-state index contributed by atoms with van der Waals surface area (Å²) in [6, 6.07) is 23.0. The molecule has 462 valence electrons. The van der Waals surface area contributed by atoms with Crippen LogP contribution in [-0.2, 0) is 30.1 Å². The average molecular weight is 1270 g/mol. The van der Waals surface area contributed by atoms with E-state index < -0.39 is 17.0 Å². The second-order valence-corrected chi connectivity index (χ2v) is 33.5. The van der Waals surface area contributed by atoms with E-state index in [1.54, 1.807) is 34.0 Å². The van der Waals surface area contributed by atoms with E-state index in [0.717, 1.165) is 82.6 Å². The van der Waals surface area contributed by atoms with Crippen molar-refractivity contribution in [3.05, 3.63) is 115 Å². The molecule has 7 aromatic heterocycles. The summed E-state index contributed by atoms with van der Waals surface area (Å²) in [5, 5.41) is 2.34. The van der Waals surface area contributed by atoms with Crippen LogP contribution < -0.4 is 0 Å². The van der Waals surface area contributed by atoms with E-state index >= 15 is 8.78 Å². The van der Waals surface area contributed by atoms with Crippen LogP contribution in [0.1, 0.15) is 247 Å². The van der Waals surface area contributed by atoms with Gasteiger partial charge in [-0.05, 0) is 115 Å². The van der Waals surface area contributed by atoms with Crippen LogP contribution >= 0.6 is 68.0 Å². The van der Waals surface area contributed by atoms with Gasteiger partial charge < -0.3 is 0 Å². The maximum Gasteiger partial charge on any atom is 0.170 e. The minimum absolute atomic E-state index is 0.0778. The number of thiophene rings is 6. The highest BCUT2D eigenvalue weighted by Crippen LogP contribution is 2.56. The summed E-state index contributed by atoms with van der Waals surface area (Å²) in [6.07, 6.45) is 29.6. The Morgan fingerprint density at radius 1 is 0.465 bits per heavy atom. The molecule has 9 rings (SSSR count). The molecule has 86 heavy (non-hydrogen) atoms. The number of rotatable bonds is 32. The molecule has 9 aromatic rings. The largest absolute Gasteiger partial charge is 0.242 e. The molecule has 0 aliphatic heterocycles. The number of aromatic nitrogens is 2. The minimum atomic E-state index is -0.854. The first-order valence-electron chi connectivity index (χ1n) is 33.2. The van der Waals surface area contributed by atoms with E-state index in [1.807, 2.05) is 54.8 Å². The molecule has 0 amide bonds. The SMILES string of the molecule is C=CC(CCCCCCC)c1ccc(-c2nc3c(-c4cc5c(-c6ccc(CC(CC)CCCC)s6)c6sc(C(C)(C)C)cc6c(-c6ccc(CC(CC)CCCC)s6)c5s4)c(F)c(F)c(C(C)(C)C)c3nc2-c2ccc(CCCCCCCC)s2)s1. The number of hydrogen-bond acceptors (Lipinski definition) is 8. The van der Waals surface area contributed by atoms with E-state index in [1.165, 1.54) is 152 Å². The van der Waals surface area contributed by atoms with Crippen LogP contribution in [-0.4, -0.2) is 9.97 Å². The van der Waals surface area contributed by atoms with Crippen molar-refractivity contribution in [3.8, 4) is 52.5 Å². The van der Waals surface area contributed by atoms with Crippen molar-refractivity contribution in [1.82, 2.24) is 9.97 Å². The van der Waals surface area contributed by atoms with Gasteiger partial charge >= 0.3 is 0 Å². The van der Waals surface area contributed by atoms with Crippen molar-refractivity contribution in [3.63, 3.8) is 0 Å². The molecule has 0 saturated heterocycles. The highest BCUT2D eigenvalue weighted by atomic mass is 32.1. The number of aryl methyl sites for hydroxylation is 1. The maximum absolute atomic E-state index is 18.4. The molecule has 3 atom stereocenters. The van der Waals surface area contributed by atoms with E-state index in [-0.39, 0.29) is 22.5 Å². The third kappa shape index (κ3) is 15.3. The predicted molar refractivity (Wildman–Crippen MR) is 384 cm³/mol. The van der Waals surface area contributed by atoms with Crippen LogP contribution in [0.4, 0.5) is 8.78 Å². The number of fused-ring (bicyclic) bond motifs is 3. The third-order valence-corrected chi connectivity index (χ3v) is 25.3. The number of hydrogen-bond donors (Lipinski definition) is 0. The van der Waals surface area contributed by atoms with Crippen LogP contribution in [0.3, 0.4) is 0 Å². The summed E-state index contributed by atoms with van der Waals surface area (Å²) in [7, 11) is 0. The van der Waals surface area contributed by atoms with Gasteiger partial charge in [-0.1, -0.05) is 205 Å². The molecule has 2 nitrogen and oxygen atoms in total. The lowest BCUT2D eigenvalue weighted by molar-refractivity contribution is 0.452. The number of allylic oxidation sites excluding steroid dienone is 1. The Bertz CT molecular complexity index is 3560. The first kappa shape index (κ1) is 66.5. The van der Waals surface area contributed by atoms with Gasteiger partial charge in [0.2, 0.25) is 0 Å². The number of unbranched alkanes of at least 4 members (excludes halogenated alkanes) is 11. The van der Waals surface area contributed by atoms with Crippen molar-refractivity contribution in [2.24, 2.45) is 11.8 Å². The van der Waals surface area contributed by atoms with E-state index in [2.05, 4.69) is 136 Å². The van der Waals surface area contributed by atoms with Gasteiger partial charge in [-0.2, -0.15) is 0 Å². The Balaban J connectivity index is 1.31. The van der Waals surface area contributed by atoms with Crippen LogP contribution in [0.15, 0.2) is 73.3 Å². The topological polar surface area (TPSA) is 25.8 Å². The monoisotopic (exact) mass is 1270 g/mol. The van der Waals surface area contributed by atoms with E-state index in [9.17, 15) is 0 Å². The van der Waals surface area contributed by atoms with Crippen molar-refractivity contribution < 1.29 is 8.78 Å². The van der Waals surface area contributed by atoms with Crippen molar-refractivity contribution >= 4 is 99.2 Å². The average Bonchev–Trinajstić information content (AvgIpc) is 1.44. The maximum atomic E-state index is 18.4.